The third-order valence-corrected chi connectivity index (χ3v) is 3.82. The van der Waals surface area contributed by atoms with Crippen LogP contribution in [-0.2, 0) is 4.74 Å². The van der Waals surface area contributed by atoms with E-state index in [-0.39, 0.29) is 6.10 Å². The number of thiophene rings is 1. The number of nitrogens with one attached hydrogen (secondary N) is 1. The average molecular weight is 225 g/mol. The maximum Gasteiger partial charge on any atom is 0.107 e. The van der Waals surface area contributed by atoms with Crippen molar-refractivity contribution < 1.29 is 4.74 Å². The van der Waals surface area contributed by atoms with Gasteiger partial charge in [0.15, 0.2) is 0 Å². The van der Waals surface area contributed by atoms with Gasteiger partial charge in [0.2, 0.25) is 0 Å². The van der Waals surface area contributed by atoms with Crippen LogP contribution in [0.4, 0.5) is 0 Å². The maximum atomic E-state index is 6.09. The number of hydrogen-bond donors (Lipinski definition) is 1. The van der Waals surface area contributed by atoms with Crippen molar-refractivity contribution in [1.29, 1.82) is 0 Å². The smallest absolute Gasteiger partial charge is 0.107 e. The second kappa shape index (κ2) is 4.64. The molecule has 2 heterocycles. The first-order valence-corrected chi connectivity index (χ1v) is 6.49. The molecule has 0 spiro atoms. The highest BCUT2D eigenvalue weighted by atomic mass is 32.1. The van der Waals surface area contributed by atoms with Gasteiger partial charge in [-0.2, -0.15) is 0 Å². The molecular weight excluding hydrogens is 206 g/mol. The van der Waals surface area contributed by atoms with Crippen molar-refractivity contribution in [3.05, 3.63) is 22.4 Å². The normalized spacial score (nSPS) is 37.5. The Labute approximate surface area is 95.6 Å². The lowest BCUT2D eigenvalue weighted by molar-refractivity contribution is -0.00580. The molecule has 1 aromatic heterocycles. The van der Waals surface area contributed by atoms with Crippen LogP contribution in [0.1, 0.15) is 38.2 Å². The van der Waals surface area contributed by atoms with Crippen molar-refractivity contribution in [2.75, 3.05) is 0 Å². The molecule has 0 aromatic carbocycles. The van der Waals surface area contributed by atoms with E-state index in [0.29, 0.717) is 18.2 Å². The summed E-state index contributed by atoms with van der Waals surface area (Å²) in [5.41, 5.74) is 0. The fourth-order valence-electron chi connectivity index (χ4n) is 2.29. The predicted octanol–water partition coefficient (Wildman–Crippen LogP) is 2.96. The summed E-state index contributed by atoms with van der Waals surface area (Å²) in [6.45, 7) is 6.60. The molecule has 2 rings (SSSR count). The fourth-order valence-corrected chi connectivity index (χ4v) is 3.16. The molecule has 1 aliphatic rings. The van der Waals surface area contributed by atoms with Crippen LogP contribution in [-0.4, -0.2) is 18.2 Å². The number of hydrogen-bond acceptors (Lipinski definition) is 3. The molecule has 1 saturated heterocycles. The highest BCUT2D eigenvalue weighted by Gasteiger charge is 2.28. The van der Waals surface area contributed by atoms with Crippen LogP contribution < -0.4 is 5.32 Å². The lowest BCUT2D eigenvalue weighted by Crippen LogP contribution is -2.36. The fraction of sp³-hybridized carbons (Fsp3) is 0.667. The first-order chi connectivity index (χ1) is 7.16. The lowest BCUT2D eigenvalue weighted by atomic mass is 10.1. The summed E-state index contributed by atoms with van der Waals surface area (Å²) in [6.07, 6.45) is 1.64. The molecule has 0 saturated carbocycles. The van der Waals surface area contributed by atoms with Crippen molar-refractivity contribution in [3.8, 4) is 0 Å². The maximum absolute atomic E-state index is 6.09. The van der Waals surface area contributed by atoms with Crippen LogP contribution >= 0.6 is 11.3 Å². The second-order valence-corrected chi connectivity index (χ2v) is 5.45. The van der Waals surface area contributed by atoms with Crippen molar-refractivity contribution >= 4 is 11.3 Å². The molecule has 1 aliphatic heterocycles. The number of rotatable bonds is 1. The average Bonchev–Trinajstić information content (AvgIpc) is 2.62. The van der Waals surface area contributed by atoms with E-state index < -0.39 is 0 Å². The quantitative estimate of drug-likeness (QED) is 0.793. The zero-order valence-corrected chi connectivity index (χ0v) is 10.4. The third-order valence-electron chi connectivity index (χ3n) is 2.89. The van der Waals surface area contributed by atoms with Gasteiger partial charge in [-0.05, 0) is 38.6 Å². The van der Waals surface area contributed by atoms with Gasteiger partial charge >= 0.3 is 0 Å². The Hall–Kier alpha value is -0.380. The van der Waals surface area contributed by atoms with Gasteiger partial charge in [-0.3, -0.25) is 0 Å². The lowest BCUT2D eigenvalue weighted by Gasteiger charge is -2.23. The number of ether oxygens (including phenoxy) is 1. The van der Waals surface area contributed by atoms with Crippen LogP contribution in [0.3, 0.4) is 0 Å². The van der Waals surface area contributed by atoms with Crippen molar-refractivity contribution in [2.45, 2.75) is 51.5 Å². The van der Waals surface area contributed by atoms with Crippen molar-refractivity contribution in [2.24, 2.45) is 0 Å². The van der Waals surface area contributed by atoms with E-state index in [0.717, 1.165) is 6.42 Å². The van der Waals surface area contributed by atoms with Crippen molar-refractivity contribution in [3.63, 3.8) is 0 Å². The summed E-state index contributed by atoms with van der Waals surface area (Å²) in [6, 6.07) is 5.19. The molecule has 0 radical (unpaired) electrons. The Morgan fingerprint density at radius 2 is 2.20 bits per heavy atom. The molecule has 15 heavy (non-hydrogen) atoms. The molecule has 4 unspecified atom stereocenters. The largest absolute Gasteiger partial charge is 0.368 e. The monoisotopic (exact) mass is 225 g/mol. The summed E-state index contributed by atoms with van der Waals surface area (Å²) in [4.78, 5) is 1.33. The van der Waals surface area contributed by atoms with Gasteiger partial charge in [-0.1, -0.05) is 6.07 Å². The van der Waals surface area contributed by atoms with E-state index in [2.05, 4.69) is 43.6 Å². The predicted molar refractivity (Wildman–Crippen MR) is 64.3 cm³/mol. The zero-order valence-electron chi connectivity index (χ0n) is 9.57. The minimum Gasteiger partial charge on any atom is -0.368 e. The summed E-state index contributed by atoms with van der Waals surface area (Å²) in [5, 5.41) is 5.71. The highest BCUT2D eigenvalue weighted by Crippen LogP contribution is 2.30. The molecule has 1 fully saturated rings. The summed E-state index contributed by atoms with van der Waals surface area (Å²) in [5.74, 6) is 0. The molecule has 84 valence electrons. The Morgan fingerprint density at radius 1 is 1.40 bits per heavy atom. The Balaban J connectivity index is 2.16. The van der Waals surface area contributed by atoms with Crippen LogP contribution in [0.5, 0.6) is 0 Å². The van der Waals surface area contributed by atoms with Gasteiger partial charge in [0.25, 0.3) is 0 Å². The van der Waals surface area contributed by atoms with Gasteiger partial charge in [0.1, 0.15) is 6.10 Å². The first-order valence-electron chi connectivity index (χ1n) is 5.61. The van der Waals surface area contributed by atoms with Crippen LogP contribution in [0.15, 0.2) is 17.5 Å². The second-order valence-electron chi connectivity index (χ2n) is 4.47. The van der Waals surface area contributed by atoms with Gasteiger partial charge in [0, 0.05) is 17.0 Å². The van der Waals surface area contributed by atoms with Crippen LogP contribution in [0.2, 0.25) is 0 Å². The molecule has 2 nitrogen and oxygen atoms in total. The summed E-state index contributed by atoms with van der Waals surface area (Å²) >= 11 is 1.78. The Morgan fingerprint density at radius 3 is 2.87 bits per heavy atom. The molecule has 3 heteroatoms. The van der Waals surface area contributed by atoms with Gasteiger partial charge < -0.3 is 10.1 Å². The van der Waals surface area contributed by atoms with E-state index in [9.17, 15) is 0 Å². The van der Waals surface area contributed by atoms with E-state index in [1.807, 2.05) is 0 Å². The Kier molecular flexibility index (Phi) is 3.44. The van der Waals surface area contributed by atoms with Gasteiger partial charge in [-0.25, -0.2) is 0 Å². The Bertz CT molecular complexity index is 299. The third kappa shape index (κ3) is 2.60. The minimum atomic E-state index is 0.213. The summed E-state index contributed by atoms with van der Waals surface area (Å²) in [7, 11) is 0. The van der Waals surface area contributed by atoms with E-state index in [1.165, 1.54) is 4.88 Å². The standard InChI is InChI=1S/C12H19NOS/c1-8-7-9(2)14-12(10(3)13-8)11-5-4-6-15-11/h4-6,8-10,12-13H,7H2,1-3H3. The summed E-state index contributed by atoms with van der Waals surface area (Å²) < 4.78 is 6.09. The molecule has 4 atom stereocenters. The molecule has 0 bridgehead atoms. The van der Waals surface area contributed by atoms with Crippen LogP contribution in [0.25, 0.3) is 0 Å². The van der Waals surface area contributed by atoms with Gasteiger partial charge in [-0.15, -0.1) is 11.3 Å². The minimum absolute atomic E-state index is 0.213. The van der Waals surface area contributed by atoms with Crippen LogP contribution in [0, 0.1) is 0 Å². The van der Waals surface area contributed by atoms with Crippen molar-refractivity contribution in [1.82, 2.24) is 5.32 Å². The van der Waals surface area contributed by atoms with Gasteiger partial charge in [0.05, 0.1) is 6.10 Å². The molecule has 0 amide bonds. The topological polar surface area (TPSA) is 21.3 Å². The van der Waals surface area contributed by atoms with E-state index >= 15 is 0 Å². The first kappa shape index (κ1) is 11.1. The highest BCUT2D eigenvalue weighted by molar-refractivity contribution is 7.10. The molecule has 0 aliphatic carbocycles. The zero-order chi connectivity index (χ0) is 10.8. The van der Waals surface area contributed by atoms with E-state index in [4.69, 9.17) is 4.74 Å². The SMILES string of the molecule is CC1CC(C)OC(c2cccs2)C(C)N1. The molecule has 1 N–H and O–H groups in total. The molecule has 1 aromatic rings. The van der Waals surface area contributed by atoms with E-state index in [1.54, 1.807) is 11.3 Å². The molecular formula is C12H19NOS.